The quantitative estimate of drug-likeness (QED) is 0.704. The largest absolute Gasteiger partial charge is 0.302 e. The minimum atomic E-state index is 0.723. The Morgan fingerprint density at radius 2 is 1.73 bits per heavy atom. The number of piperidine rings is 1. The minimum absolute atomic E-state index is 0.723. The molecular formula is C13H26N2. The molecule has 0 aromatic rings. The van der Waals surface area contributed by atoms with Crippen LogP contribution >= 0.6 is 0 Å². The van der Waals surface area contributed by atoms with E-state index in [2.05, 4.69) is 30.6 Å². The Balaban J connectivity index is 1.75. The molecule has 0 saturated carbocycles. The first-order valence-electron chi connectivity index (χ1n) is 6.62. The third kappa shape index (κ3) is 2.36. The van der Waals surface area contributed by atoms with Gasteiger partial charge in [-0.2, -0.15) is 0 Å². The molecule has 2 fully saturated rings. The maximum atomic E-state index is 2.63. The lowest BCUT2D eigenvalue weighted by Crippen LogP contribution is -2.60. The van der Waals surface area contributed by atoms with Crippen molar-refractivity contribution < 1.29 is 0 Å². The Hall–Kier alpha value is -0.0800. The van der Waals surface area contributed by atoms with Crippen molar-refractivity contribution in [3.8, 4) is 0 Å². The Morgan fingerprint density at radius 1 is 1.13 bits per heavy atom. The molecule has 0 N–H and O–H groups in total. The van der Waals surface area contributed by atoms with Crippen LogP contribution in [-0.2, 0) is 0 Å². The van der Waals surface area contributed by atoms with Gasteiger partial charge in [-0.15, -0.1) is 0 Å². The van der Waals surface area contributed by atoms with Crippen molar-refractivity contribution in [3.05, 3.63) is 0 Å². The van der Waals surface area contributed by atoms with Crippen LogP contribution in [0.1, 0.15) is 40.0 Å². The summed E-state index contributed by atoms with van der Waals surface area (Å²) in [6.07, 6.45) is 4.19. The van der Waals surface area contributed by atoms with Crippen LogP contribution in [0.25, 0.3) is 0 Å². The fourth-order valence-corrected chi connectivity index (χ4v) is 3.21. The van der Waals surface area contributed by atoms with E-state index in [-0.39, 0.29) is 0 Å². The molecular weight excluding hydrogens is 184 g/mol. The predicted octanol–water partition coefficient (Wildman–Crippen LogP) is 2.20. The van der Waals surface area contributed by atoms with Crippen LogP contribution in [0, 0.1) is 5.41 Å². The molecule has 2 saturated heterocycles. The first-order valence-corrected chi connectivity index (χ1v) is 6.62. The molecule has 0 aromatic heterocycles. The average molecular weight is 210 g/mol. The van der Waals surface area contributed by atoms with Crippen LogP contribution in [0.15, 0.2) is 0 Å². The molecule has 0 radical (unpaired) electrons. The van der Waals surface area contributed by atoms with Gasteiger partial charge in [0.25, 0.3) is 0 Å². The minimum Gasteiger partial charge on any atom is -0.302 e. The molecule has 0 unspecified atom stereocenters. The molecule has 2 aliphatic heterocycles. The summed E-state index contributed by atoms with van der Waals surface area (Å²) in [6.45, 7) is 13.7. The summed E-state index contributed by atoms with van der Waals surface area (Å²) < 4.78 is 0. The molecule has 15 heavy (non-hydrogen) atoms. The highest BCUT2D eigenvalue weighted by molar-refractivity contribution is 4.98. The highest BCUT2D eigenvalue weighted by Gasteiger charge is 2.44. The van der Waals surface area contributed by atoms with Gasteiger partial charge in [-0.05, 0) is 58.2 Å². The lowest BCUT2D eigenvalue weighted by molar-refractivity contribution is -0.0508. The maximum Gasteiger partial charge on any atom is 0.00514 e. The van der Waals surface area contributed by atoms with E-state index in [1.165, 1.54) is 52.0 Å². The van der Waals surface area contributed by atoms with E-state index in [9.17, 15) is 0 Å². The molecule has 0 atom stereocenters. The second-order valence-corrected chi connectivity index (χ2v) is 5.84. The summed E-state index contributed by atoms with van der Waals surface area (Å²) in [6, 6.07) is 0.745. The first kappa shape index (κ1) is 11.4. The Morgan fingerprint density at radius 3 is 2.20 bits per heavy atom. The molecule has 0 aromatic carbocycles. The average Bonchev–Trinajstić information content (AvgIpc) is 2.16. The van der Waals surface area contributed by atoms with E-state index >= 15 is 0 Å². The standard InChI is InChI=1S/C13H26N2/c1-4-7-14-10-13(11-14)5-8-15(9-6-13)12(2)3/h12H,4-11H2,1-3H3. The highest BCUT2D eigenvalue weighted by atomic mass is 15.2. The summed E-state index contributed by atoms with van der Waals surface area (Å²) in [5, 5.41) is 0. The van der Waals surface area contributed by atoms with E-state index in [0.717, 1.165) is 11.5 Å². The van der Waals surface area contributed by atoms with E-state index in [1.807, 2.05) is 0 Å². The van der Waals surface area contributed by atoms with E-state index in [0.29, 0.717) is 0 Å². The number of likely N-dealkylation sites (tertiary alicyclic amines) is 2. The molecule has 2 heteroatoms. The Kier molecular flexibility index (Phi) is 3.36. The summed E-state index contributed by atoms with van der Waals surface area (Å²) >= 11 is 0. The van der Waals surface area contributed by atoms with Crippen molar-refractivity contribution in [1.82, 2.24) is 9.80 Å². The van der Waals surface area contributed by atoms with Crippen LogP contribution in [0.4, 0.5) is 0 Å². The monoisotopic (exact) mass is 210 g/mol. The number of nitrogens with zero attached hydrogens (tertiary/aromatic N) is 2. The van der Waals surface area contributed by atoms with Gasteiger partial charge in [0.1, 0.15) is 0 Å². The SMILES string of the molecule is CCCN1CC2(CCN(C(C)C)CC2)C1. The molecule has 2 heterocycles. The molecule has 2 rings (SSSR count). The van der Waals surface area contributed by atoms with Crippen LogP contribution in [0.2, 0.25) is 0 Å². The van der Waals surface area contributed by atoms with Gasteiger partial charge in [0, 0.05) is 19.1 Å². The third-order valence-electron chi connectivity index (χ3n) is 4.25. The summed E-state index contributed by atoms with van der Waals surface area (Å²) in [5.74, 6) is 0. The van der Waals surface area contributed by atoms with Gasteiger partial charge in [-0.3, -0.25) is 0 Å². The second kappa shape index (κ2) is 4.42. The normalized spacial score (nSPS) is 27.2. The van der Waals surface area contributed by atoms with Gasteiger partial charge < -0.3 is 9.80 Å². The Bertz CT molecular complexity index is 197. The number of hydrogen-bond donors (Lipinski definition) is 0. The van der Waals surface area contributed by atoms with Crippen molar-refractivity contribution in [1.29, 1.82) is 0 Å². The molecule has 88 valence electrons. The van der Waals surface area contributed by atoms with E-state index in [1.54, 1.807) is 0 Å². The molecule has 0 aliphatic carbocycles. The van der Waals surface area contributed by atoms with Gasteiger partial charge in [0.15, 0.2) is 0 Å². The van der Waals surface area contributed by atoms with Gasteiger partial charge >= 0.3 is 0 Å². The number of hydrogen-bond acceptors (Lipinski definition) is 2. The first-order chi connectivity index (χ1) is 7.15. The lowest BCUT2D eigenvalue weighted by Gasteiger charge is -2.54. The van der Waals surface area contributed by atoms with E-state index < -0.39 is 0 Å². The topological polar surface area (TPSA) is 6.48 Å². The molecule has 2 nitrogen and oxygen atoms in total. The summed E-state index contributed by atoms with van der Waals surface area (Å²) in [5.41, 5.74) is 0.723. The lowest BCUT2D eigenvalue weighted by atomic mass is 9.72. The van der Waals surface area contributed by atoms with Crippen molar-refractivity contribution in [3.63, 3.8) is 0 Å². The maximum absolute atomic E-state index is 2.63. The second-order valence-electron chi connectivity index (χ2n) is 5.84. The van der Waals surface area contributed by atoms with Gasteiger partial charge in [0.05, 0.1) is 0 Å². The van der Waals surface area contributed by atoms with Gasteiger partial charge in [-0.25, -0.2) is 0 Å². The fraction of sp³-hybridized carbons (Fsp3) is 1.00. The zero-order chi connectivity index (χ0) is 10.9. The molecule has 0 amide bonds. The zero-order valence-corrected chi connectivity index (χ0v) is 10.6. The van der Waals surface area contributed by atoms with Crippen LogP contribution in [0.3, 0.4) is 0 Å². The van der Waals surface area contributed by atoms with Crippen LogP contribution in [0.5, 0.6) is 0 Å². The highest BCUT2D eigenvalue weighted by Crippen LogP contribution is 2.40. The Labute approximate surface area is 94.6 Å². The summed E-state index contributed by atoms with van der Waals surface area (Å²) in [7, 11) is 0. The molecule has 2 aliphatic rings. The third-order valence-corrected chi connectivity index (χ3v) is 4.25. The molecule has 1 spiro atoms. The smallest absolute Gasteiger partial charge is 0.00514 e. The van der Waals surface area contributed by atoms with Crippen molar-refractivity contribution in [2.24, 2.45) is 5.41 Å². The van der Waals surface area contributed by atoms with Crippen molar-refractivity contribution in [2.75, 3.05) is 32.7 Å². The van der Waals surface area contributed by atoms with E-state index in [4.69, 9.17) is 0 Å². The molecule has 0 bridgehead atoms. The fourth-order valence-electron chi connectivity index (χ4n) is 3.21. The summed E-state index contributed by atoms with van der Waals surface area (Å²) in [4.78, 5) is 5.26. The number of rotatable bonds is 3. The zero-order valence-electron chi connectivity index (χ0n) is 10.6. The van der Waals surface area contributed by atoms with Crippen molar-refractivity contribution in [2.45, 2.75) is 46.1 Å². The van der Waals surface area contributed by atoms with Crippen molar-refractivity contribution >= 4 is 0 Å². The van der Waals surface area contributed by atoms with Crippen LogP contribution in [-0.4, -0.2) is 48.6 Å². The predicted molar refractivity (Wildman–Crippen MR) is 65.1 cm³/mol. The van der Waals surface area contributed by atoms with Gasteiger partial charge in [0.2, 0.25) is 0 Å². The van der Waals surface area contributed by atoms with Crippen LogP contribution < -0.4 is 0 Å². The van der Waals surface area contributed by atoms with Gasteiger partial charge in [-0.1, -0.05) is 6.92 Å².